The first-order valence-electron chi connectivity index (χ1n) is 10.5. The number of nitrogens with zero attached hydrogens (tertiary/aromatic N) is 9. The lowest BCUT2D eigenvalue weighted by molar-refractivity contribution is -0.136. The second kappa shape index (κ2) is 10.1. The number of methoxy groups -OCH3 is 1. The van der Waals surface area contributed by atoms with Gasteiger partial charge in [-0.2, -0.15) is 23.0 Å². The molecule has 0 unspecified atom stereocenters. The monoisotopic (exact) mass is 537 g/mol. The maximum Gasteiger partial charge on any atom is 0.440 e. The molecule has 1 aromatic carbocycles. The highest BCUT2D eigenvalue weighted by atomic mass is 35.5. The van der Waals surface area contributed by atoms with E-state index in [-0.39, 0.29) is 33.4 Å². The number of benzene rings is 1. The largest absolute Gasteiger partial charge is 0.451 e. The number of hydrogen-bond acceptors (Lipinski definition) is 10. The van der Waals surface area contributed by atoms with Gasteiger partial charge in [0.2, 0.25) is 0 Å². The molecule has 0 spiro atoms. The first-order valence-corrected chi connectivity index (χ1v) is 10.8. The number of alkyl halides is 3. The predicted molar refractivity (Wildman–Crippen MR) is 125 cm³/mol. The van der Waals surface area contributed by atoms with Crippen LogP contribution in [-0.2, 0) is 15.8 Å². The van der Waals surface area contributed by atoms with Crippen LogP contribution in [0.15, 0.2) is 37.2 Å². The van der Waals surface area contributed by atoms with Crippen molar-refractivity contribution in [1.82, 2.24) is 34.7 Å². The number of aromatic nitrogens is 7. The summed E-state index contributed by atoms with van der Waals surface area (Å²) in [6.07, 6.45) is -1.95. The highest BCUT2D eigenvalue weighted by Gasteiger charge is 2.35. The number of halogens is 4. The van der Waals surface area contributed by atoms with Crippen LogP contribution in [-0.4, -0.2) is 62.1 Å². The highest BCUT2D eigenvalue weighted by molar-refractivity contribution is 6.31. The van der Waals surface area contributed by atoms with E-state index >= 15 is 0 Å². The van der Waals surface area contributed by atoms with Crippen LogP contribution < -0.4 is 9.96 Å². The molecule has 0 radical (unpaired) electrons. The zero-order valence-electron chi connectivity index (χ0n) is 19.8. The summed E-state index contributed by atoms with van der Waals surface area (Å²) < 4.78 is 47.0. The third-order valence-electron chi connectivity index (χ3n) is 5.44. The number of fused-ring (bicyclic) bond motifs is 1. The number of hydrogen-bond donors (Lipinski definition) is 0. The fourth-order valence-corrected chi connectivity index (χ4v) is 3.81. The molecular weight excluding hydrogens is 519 g/mol. The van der Waals surface area contributed by atoms with Crippen molar-refractivity contribution in [3.63, 3.8) is 0 Å². The van der Waals surface area contributed by atoms with Crippen LogP contribution in [0.2, 0.25) is 5.02 Å². The second-order valence-electron chi connectivity index (χ2n) is 7.54. The molecule has 3 aromatic heterocycles. The Morgan fingerprint density at radius 1 is 1.05 bits per heavy atom. The SMILES string of the molecule is COC(=O)N(OC)c1cc(-n2ncnc2[C@H](C)N(C)c2ncnc3c(C(F)(F)F)cc(Cl)cc23)ncn1. The molecule has 0 aliphatic carbocycles. The molecule has 0 fully saturated rings. The molecule has 0 saturated carbocycles. The van der Waals surface area contributed by atoms with Crippen LogP contribution in [0.3, 0.4) is 0 Å². The Hall–Kier alpha value is -4.11. The summed E-state index contributed by atoms with van der Waals surface area (Å²) in [4.78, 5) is 39.2. The van der Waals surface area contributed by atoms with Crippen molar-refractivity contribution in [2.75, 3.05) is 31.2 Å². The first-order chi connectivity index (χ1) is 17.6. The van der Waals surface area contributed by atoms with Gasteiger partial charge in [-0.15, -0.1) is 5.06 Å². The number of rotatable bonds is 6. The lowest BCUT2D eigenvalue weighted by Gasteiger charge is -2.26. The molecule has 37 heavy (non-hydrogen) atoms. The minimum absolute atomic E-state index is 0.0675. The third-order valence-corrected chi connectivity index (χ3v) is 5.66. The van der Waals surface area contributed by atoms with Crippen LogP contribution in [0.4, 0.5) is 29.6 Å². The molecule has 0 N–H and O–H groups in total. The van der Waals surface area contributed by atoms with Crippen molar-refractivity contribution in [2.45, 2.75) is 19.1 Å². The first kappa shape index (κ1) is 26.0. The van der Waals surface area contributed by atoms with Gasteiger partial charge >= 0.3 is 12.3 Å². The topological polar surface area (TPSA) is 124 Å². The fraction of sp³-hybridized carbons (Fsp3) is 0.286. The van der Waals surface area contributed by atoms with Crippen LogP contribution in [0.25, 0.3) is 16.7 Å². The Morgan fingerprint density at radius 3 is 2.46 bits per heavy atom. The molecule has 0 aliphatic heterocycles. The van der Waals surface area contributed by atoms with Crippen molar-refractivity contribution >= 4 is 40.2 Å². The number of amides is 1. The standard InChI is InChI=1S/C21H19ClF3N9O3/c1-11(32(2)19-13-5-12(22)6-14(21(23,24)25)17(13)28-9-29-19)18-30-10-31-33(18)15-7-16(27-8-26-15)34(37-4)20(35)36-3/h5-11H,1-4H3/t11-/m0/s1. The summed E-state index contributed by atoms with van der Waals surface area (Å²) in [5.41, 5.74) is -1.25. The molecule has 1 amide bonds. The summed E-state index contributed by atoms with van der Waals surface area (Å²) in [5.74, 6) is 0.857. The van der Waals surface area contributed by atoms with Gasteiger partial charge in [0.1, 0.15) is 24.8 Å². The van der Waals surface area contributed by atoms with Gasteiger partial charge < -0.3 is 9.64 Å². The number of carbonyl (C=O) groups excluding carboxylic acids is 1. The lowest BCUT2D eigenvalue weighted by Crippen LogP contribution is -2.30. The summed E-state index contributed by atoms with van der Waals surface area (Å²) in [6.45, 7) is 1.75. The van der Waals surface area contributed by atoms with Gasteiger partial charge in [-0.25, -0.2) is 29.7 Å². The molecule has 0 saturated heterocycles. The Morgan fingerprint density at radius 2 is 1.78 bits per heavy atom. The van der Waals surface area contributed by atoms with E-state index in [1.54, 1.807) is 18.9 Å². The summed E-state index contributed by atoms with van der Waals surface area (Å²) >= 11 is 6.01. The van der Waals surface area contributed by atoms with E-state index < -0.39 is 23.9 Å². The van der Waals surface area contributed by atoms with Gasteiger partial charge in [0.15, 0.2) is 17.5 Å². The number of hydroxylamine groups is 1. The average Bonchev–Trinajstić information content (AvgIpc) is 3.37. The van der Waals surface area contributed by atoms with Crippen molar-refractivity contribution in [1.29, 1.82) is 0 Å². The minimum Gasteiger partial charge on any atom is -0.451 e. The quantitative estimate of drug-likeness (QED) is 0.333. The van der Waals surface area contributed by atoms with Crippen LogP contribution >= 0.6 is 11.6 Å². The molecule has 1 atom stereocenters. The maximum absolute atomic E-state index is 13.6. The Labute approximate surface area is 212 Å². The number of carbonyl (C=O) groups is 1. The Bertz CT molecular complexity index is 1450. The highest BCUT2D eigenvalue weighted by Crippen LogP contribution is 2.39. The molecule has 12 nitrogen and oxygen atoms in total. The molecule has 3 heterocycles. The van der Waals surface area contributed by atoms with E-state index in [0.717, 1.165) is 17.5 Å². The van der Waals surface area contributed by atoms with Crippen molar-refractivity contribution in [2.24, 2.45) is 0 Å². The van der Waals surface area contributed by atoms with E-state index in [0.29, 0.717) is 5.82 Å². The maximum atomic E-state index is 13.6. The third kappa shape index (κ3) is 4.95. The van der Waals surface area contributed by atoms with Gasteiger partial charge in [0, 0.05) is 23.5 Å². The average molecular weight is 538 g/mol. The predicted octanol–water partition coefficient (Wildman–Crippen LogP) is 4.00. The molecule has 0 aliphatic rings. The Balaban J connectivity index is 1.75. The Kier molecular flexibility index (Phi) is 7.09. The van der Waals surface area contributed by atoms with E-state index in [2.05, 4.69) is 34.8 Å². The molecule has 194 valence electrons. The van der Waals surface area contributed by atoms with Gasteiger partial charge in [0.05, 0.1) is 31.3 Å². The van der Waals surface area contributed by atoms with Crippen LogP contribution in [0.1, 0.15) is 24.4 Å². The van der Waals surface area contributed by atoms with Crippen LogP contribution in [0, 0.1) is 0 Å². The van der Waals surface area contributed by atoms with Crippen LogP contribution in [0.5, 0.6) is 0 Å². The van der Waals surface area contributed by atoms with E-state index in [1.807, 2.05) is 0 Å². The normalized spacial score (nSPS) is 12.4. The summed E-state index contributed by atoms with van der Waals surface area (Å²) in [5, 5.41) is 5.02. The van der Waals surface area contributed by atoms with E-state index in [9.17, 15) is 18.0 Å². The molecule has 0 bridgehead atoms. The van der Waals surface area contributed by atoms with Gasteiger partial charge in [-0.1, -0.05) is 11.6 Å². The molecule has 16 heteroatoms. The zero-order chi connectivity index (χ0) is 26.9. The number of anilines is 2. The summed E-state index contributed by atoms with van der Waals surface area (Å²) in [7, 11) is 4.08. The van der Waals surface area contributed by atoms with Gasteiger partial charge in [-0.3, -0.25) is 4.84 Å². The smallest absolute Gasteiger partial charge is 0.440 e. The minimum atomic E-state index is -4.66. The van der Waals surface area contributed by atoms with Gasteiger partial charge in [-0.05, 0) is 19.1 Å². The van der Waals surface area contributed by atoms with Crippen molar-refractivity contribution in [3.05, 3.63) is 53.6 Å². The van der Waals surface area contributed by atoms with E-state index in [4.69, 9.17) is 16.4 Å². The van der Waals surface area contributed by atoms with Crippen molar-refractivity contribution in [3.8, 4) is 5.82 Å². The lowest BCUT2D eigenvalue weighted by atomic mass is 10.1. The number of ether oxygens (including phenoxy) is 1. The second-order valence-corrected chi connectivity index (χ2v) is 7.98. The van der Waals surface area contributed by atoms with E-state index in [1.165, 1.54) is 43.7 Å². The summed E-state index contributed by atoms with van der Waals surface area (Å²) in [6, 6.07) is 3.04. The fourth-order valence-electron chi connectivity index (χ4n) is 3.59. The zero-order valence-corrected chi connectivity index (χ0v) is 20.6. The molecule has 4 rings (SSSR count). The molecular formula is C21H19ClF3N9O3. The van der Waals surface area contributed by atoms with Crippen molar-refractivity contribution < 1.29 is 27.5 Å². The van der Waals surface area contributed by atoms with Gasteiger partial charge in [0.25, 0.3) is 0 Å². The molecule has 4 aromatic rings.